The number of nitrogens with zero attached hydrogens (tertiary/aromatic N) is 2. The van der Waals surface area contributed by atoms with Crippen LogP contribution in [0.15, 0.2) is 91.0 Å². The molecule has 1 saturated carbocycles. The number of aromatic hydroxyl groups is 1. The van der Waals surface area contributed by atoms with Crippen LogP contribution in [0.25, 0.3) is 0 Å². The zero-order chi connectivity index (χ0) is 34.0. The number of phenols is 1. The fourth-order valence-corrected chi connectivity index (χ4v) is 8.32. The van der Waals surface area contributed by atoms with Gasteiger partial charge < -0.3 is 5.11 Å². The number of Topliss-reactive ketones (excluding diaryl/α,β-unsaturated/α-hetero) is 2. The highest BCUT2D eigenvalue weighted by atomic mass is 16.3. The van der Waals surface area contributed by atoms with Gasteiger partial charge in [-0.15, -0.1) is 6.58 Å². The Balaban J connectivity index is 1.32. The van der Waals surface area contributed by atoms with Crippen LogP contribution in [0, 0.1) is 29.6 Å². The predicted octanol–water partition coefficient (Wildman–Crippen LogP) is 5.57. The first-order chi connectivity index (χ1) is 23.0. The molecule has 48 heavy (non-hydrogen) atoms. The Kier molecular flexibility index (Phi) is 7.58. The number of phenolic OH excluding ortho intramolecular Hbond substituents is 1. The van der Waals surface area contributed by atoms with E-state index >= 15 is 0 Å². The normalized spacial score (nSPS) is 26.2. The second-order valence-corrected chi connectivity index (χ2v) is 13.1. The van der Waals surface area contributed by atoms with E-state index in [2.05, 4.69) is 6.58 Å². The van der Waals surface area contributed by atoms with Crippen LogP contribution in [-0.4, -0.2) is 40.3 Å². The summed E-state index contributed by atoms with van der Waals surface area (Å²) >= 11 is 0. The SMILES string of the molecule is C=CCc1cccc([C@H]2C3=CC[C@@H]4C(=O)N(c5ccc(C(C)=O)cc5)C(=O)[C@@H]4[C@@H]3C[C@H]3C(=O)N(c4ccc(C(C)=O)cc4)C(=O)[C@@H]23)c1O. The number of anilines is 2. The molecule has 2 saturated heterocycles. The first kappa shape index (κ1) is 31.2. The highest BCUT2D eigenvalue weighted by molar-refractivity contribution is 6.24. The molecule has 242 valence electrons. The highest BCUT2D eigenvalue weighted by Gasteiger charge is 2.62. The van der Waals surface area contributed by atoms with E-state index in [0.717, 1.165) is 10.5 Å². The number of carbonyl (C=O) groups is 6. The molecule has 1 N–H and O–H groups in total. The molecule has 6 atom stereocenters. The highest BCUT2D eigenvalue weighted by Crippen LogP contribution is 2.59. The smallest absolute Gasteiger partial charge is 0.238 e. The Labute approximate surface area is 277 Å². The van der Waals surface area contributed by atoms with Crippen molar-refractivity contribution in [1.29, 1.82) is 0 Å². The molecule has 0 bridgehead atoms. The van der Waals surface area contributed by atoms with E-state index in [-0.39, 0.29) is 42.0 Å². The van der Waals surface area contributed by atoms with Gasteiger partial charge >= 0.3 is 0 Å². The molecular formula is C39H34N2O7. The molecule has 2 aliphatic carbocycles. The summed E-state index contributed by atoms with van der Waals surface area (Å²) in [6, 6.07) is 18.0. The Bertz CT molecular complexity index is 1960. The van der Waals surface area contributed by atoms with Crippen molar-refractivity contribution in [3.05, 3.63) is 113 Å². The molecule has 9 nitrogen and oxygen atoms in total. The third kappa shape index (κ3) is 4.67. The van der Waals surface area contributed by atoms with Gasteiger partial charge in [0.05, 0.1) is 35.0 Å². The summed E-state index contributed by atoms with van der Waals surface area (Å²) in [6.45, 7) is 6.68. The molecule has 2 heterocycles. The van der Waals surface area contributed by atoms with E-state index < -0.39 is 47.3 Å². The first-order valence-corrected chi connectivity index (χ1v) is 16.1. The molecule has 3 aromatic carbocycles. The molecule has 0 unspecified atom stereocenters. The lowest BCUT2D eigenvalue weighted by Gasteiger charge is -2.44. The van der Waals surface area contributed by atoms with E-state index in [9.17, 15) is 33.9 Å². The number of para-hydroxylation sites is 1. The first-order valence-electron chi connectivity index (χ1n) is 16.1. The summed E-state index contributed by atoms with van der Waals surface area (Å²) in [5.41, 5.74) is 3.51. The second kappa shape index (κ2) is 11.7. The van der Waals surface area contributed by atoms with Crippen molar-refractivity contribution in [2.45, 2.75) is 39.0 Å². The third-order valence-electron chi connectivity index (χ3n) is 10.6. The molecule has 4 aliphatic rings. The number of hydrogen-bond acceptors (Lipinski definition) is 7. The van der Waals surface area contributed by atoms with Gasteiger partial charge in [0, 0.05) is 22.6 Å². The van der Waals surface area contributed by atoms with Crippen LogP contribution in [-0.2, 0) is 25.6 Å². The number of hydrogen-bond donors (Lipinski definition) is 1. The van der Waals surface area contributed by atoms with Gasteiger partial charge in [-0.05, 0) is 93.1 Å². The molecule has 0 radical (unpaired) electrons. The summed E-state index contributed by atoms with van der Waals surface area (Å²) < 4.78 is 0. The quantitative estimate of drug-likeness (QED) is 0.203. The van der Waals surface area contributed by atoms with E-state index in [1.54, 1.807) is 72.8 Å². The van der Waals surface area contributed by atoms with Crippen molar-refractivity contribution in [1.82, 2.24) is 0 Å². The predicted molar refractivity (Wildman–Crippen MR) is 177 cm³/mol. The van der Waals surface area contributed by atoms with Crippen LogP contribution in [0.2, 0.25) is 0 Å². The van der Waals surface area contributed by atoms with E-state index in [4.69, 9.17) is 0 Å². The van der Waals surface area contributed by atoms with Gasteiger partial charge in [-0.1, -0.05) is 35.9 Å². The molecule has 3 aromatic rings. The zero-order valence-corrected chi connectivity index (χ0v) is 26.6. The average molecular weight is 643 g/mol. The maximum Gasteiger partial charge on any atom is 0.238 e. The number of fused-ring (bicyclic) bond motifs is 4. The minimum Gasteiger partial charge on any atom is -0.507 e. The van der Waals surface area contributed by atoms with Crippen molar-refractivity contribution in [3.63, 3.8) is 0 Å². The van der Waals surface area contributed by atoms with E-state index in [1.165, 1.54) is 18.7 Å². The number of rotatable bonds is 7. The largest absolute Gasteiger partial charge is 0.507 e. The summed E-state index contributed by atoms with van der Waals surface area (Å²) in [4.78, 5) is 82.8. The number of allylic oxidation sites excluding steroid dienone is 3. The maximum absolute atomic E-state index is 14.4. The number of carbonyl (C=O) groups excluding carboxylic acids is 6. The van der Waals surface area contributed by atoms with Gasteiger partial charge in [0.15, 0.2) is 11.6 Å². The third-order valence-corrected chi connectivity index (χ3v) is 10.6. The molecule has 9 heteroatoms. The van der Waals surface area contributed by atoms with Crippen LogP contribution in [0.5, 0.6) is 5.75 Å². The topological polar surface area (TPSA) is 129 Å². The standard InChI is InChI=1S/C39H34N2O7/c1-4-6-24-7-5-8-28(35(24)44)32-27-17-18-29-33(38(47)40(36(29)45)25-13-9-22(10-14-25)20(2)42)30(27)19-31-34(32)39(48)41(37(31)46)26-15-11-23(12-16-26)21(3)43/h4-5,7-17,29-34,44H,1,6,18-19H2,2-3H3/t29-,30+,31+,32+,33-,34+/m0/s1. The minimum atomic E-state index is -0.851. The summed E-state index contributed by atoms with van der Waals surface area (Å²) in [6.07, 6.45) is 4.45. The van der Waals surface area contributed by atoms with Crippen molar-refractivity contribution >= 4 is 46.6 Å². The zero-order valence-electron chi connectivity index (χ0n) is 26.6. The summed E-state index contributed by atoms with van der Waals surface area (Å²) in [7, 11) is 0. The number of amides is 4. The second-order valence-electron chi connectivity index (χ2n) is 13.1. The van der Waals surface area contributed by atoms with Crippen LogP contribution in [0.3, 0.4) is 0 Å². The van der Waals surface area contributed by atoms with Gasteiger partial charge in [-0.3, -0.25) is 38.6 Å². The molecule has 3 fully saturated rings. The molecule has 2 aliphatic heterocycles. The van der Waals surface area contributed by atoms with Gasteiger partial charge in [0.25, 0.3) is 0 Å². The molecule has 4 amide bonds. The van der Waals surface area contributed by atoms with Crippen LogP contribution in [0.4, 0.5) is 11.4 Å². The fourth-order valence-electron chi connectivity index (χ4n) is 8.32. The fraction of sp³-hybridized carbons (Fsp3) is 0.282. The maximum atomic E-state index is 14.4. The van der Waals surface area contributed by atoms with Gasteiger partial charge in [-0.2, -0.15) is 0 Å². The summed E-state index contributed by atoms with van der Waals surface area (Å²) in [5.74, 6) is -6.16. The molecule has 0 aromatic heterocycles. The summed E-state index contributed by atoms with van der Waals surface area (Å²) in [5, 5.41) is 11.6. The van der Waals surface area contributed by atoms with Gasteiger partial charge in [-0.25, -0.2) is 0 Å². The van der Waals surface area contributed by atoms with Crippen molar-refractivity contribution in [2.24, 2.45) is 29.6 Å². The minimum absolute atomic E-state index is 0.00958. The van der Waals surface area contributed by atoms with Crippen molar-refractivity contribution < 1.29 is 33.9 Å². The monoisotopic (exact) mass is 642 g/mol. The number of ketones is 2. The van der Waals surface area contributed by atoms with Crippen LogP contribution < -0.4 is 9.80 Å². The Morgan fingerprint density at radius 1 is 0.750 bits per heavy atom. The van der Waals surface area contributed by atoms with Crippen molar-refractivity contribution in [2.75, 3.05) is 9.80 Å². The molecule has 7 rings (SSSR count). The lowest BCUT2D eigenvalue weighted by atomic mass is 9.57. The van der Waals surface area contributed by atoms with Crippen molar-refractivity contribution in [3.8, 4) is 5.75 Å². The Morgan fingerprint density at radius 2 is 1.29 bits per heavy atom. The lowest BCUT2D eigenvalue weighted by molar-refractivity contribution is -0.126. The van der Waals surface area contributed by atoms with E-state index in [0.29, 0.717) is 40.0 Å². The molecular weight excluding hydrogens is 608 g/mol. The number of imide groups is 2. The van der Waals surface area contributed by atoms with Gasteiger partial charge in [0.2, 0.25) is 23.6 Å². The molecule has 0 spiro atoms. The average Bonchev–Trinajstić information content (AvgIpc) is 3.48. The van der Waals surface area contributed by atoms with Crippen LogP contribution in [0.1, 0.15) is 64.4 Å². The van der Waals surface area contributed by atoms with Crippen LogP contribution >= 0.6 is 0 Å². The lowest BCUT2D eigenvalue weighted by Crippen LogP contribution is -2.43. The number of benzene rings is 3. The Hall–Kier alpha value is -5.44. The Morgan fingerprint density at radius 3 is 1.83 bits per heavy atom. The van der Waals surface area contributed by atoms with E-state index in [1.807, 2.05) is 6.08 Å². The van der Waals surface area contributed by atoms with Gasteiger partial charge in [0.1, 0.15) is 5.75 Å².